The summed E-state index contributed by atoms with van der Waals surface area (Å²) in [5.74, 6) is 1.27. The molecule has 0 heterocycles. The van der Waals surface area contributed by atoms with Crippen molar-refractivity contribution in [3.8, 4) is 0 Å². The van der Waals surface area contributed by atoms with Gasteiger partial charge in [0, 0.05) is 0 Å². The van der Waals surface area contributed by atoms with Crippen molar-refractivity contribution in [3.63, 3.8) is 0 Å². The molecule has 0 unspecified atom stereocenters. The molecular weight excluding hydrogens is 255 g/mol. The molecule has 1 aromatic carbocycles. The van der Waals surface area contributed by atoms with Crippen molar-refractivity contribution in [2.24, 2.45) is 11.3 Å². The largest absolute Gasteiger partial charge is 0.390 e. The number of benzene rings is 1. The zero-order valence-corrected chi connectivity index (χ0v) is 14.6. The molecule has 1 N–H and O–H groups in total. The van der Waals surface area contributed by atoms with E-state index >= 15 is 0 Å². The maximum absolute atomic E-state index is 9.88. The molecule has 2 rings (SSSR count). The first-order valence-corrected chi connectivity index (χ1v) is 8.14. The number of hydrogen-bond donors (Lipinski definition) is 1. The van der Waals surface area contributed by atoms with Crippen molar-refractivity contribution in [2.75, 3.05) is 0 Å². The Morgan fingerprint density at radius 3 is 1.86 bits per heavy atom. The third-order valence-electron chi connectivity index (χ3n) is 5.32. The van der Waals surface area contributed by atoms with E-state index < -0.39 is 5.60 Å². The molecule has 1 saturated carbocycles. The predicted molar refractivity (Wildman–Crippen MR) is 93.3 cm³/mol. The maximum atomic E-state index is 9.88. The van der Waals surface area contributed by atoms with Gasteiger partial charge in [-0.1, -0.05) is 69.4 Å². The minimum absolute atomic E-state index is 0.0885. The van der Waals surface area contributed by atoms with E-state index in [1.54, 1.807) is 0 Å². The van der Waals surface area contributed by atoms with Crippen molar-refractivity contribution in [3.05, 3.63) is 29.8 Å². The van der Waals surface area contributed by atoms with Gasteiger partial charge in [-0.3, -0.25) is 0 Å². The van der Waals surface area contributed by atoms with Gasteiger partial charge in [0.2, 0.25) is 0 Å². The molecule has 0 spiro atoms. The van der Waals surface area contributed by atoms with Crippen LogP contribution in [0.2, 0.25) is 0 Å². The molecule has 0 saturated heterocycles. The molecular formula is C19H31BO. The fourth-order valence-corrected chi connectivity index (χ4v) is 2.67. The molecule has 2 heteroatoms. The molecule has 1 aromatic rings. The molecule has 1 aliphatic rings. The average Bonchev–Trinajstić information content (AvgIpc) is 2.25. The second-order valence-corrected chi connectivity index (χ2v) is 7.69. The molecule has 0 aromatic heterocycles. The monoisotopic (exact) mass is 286 g/mol. The lowest BCUT2D eigenvalue weighted by Crippen LogP contribution is -2.46. The van der Waals surface area contributed by atoms with Crippen molar-refractivity contribution in [1.29, 1.82) is 0 Å². The van der Waals surface area contributed by atoms with Crippen LogP contribution in [0.1, 0.15) is 72.3 Å². The van der Waals surface area contributed by atoms with E-state index in [4.69, 9.17) is 7.85 Å². The molecule has 0 amide bonds. The average molecular weight is 286 g/mol. The van der Waals surface area contributed by atoms with E-state index in [0.29, 0.717) is 5.92 Å². The third kappa shape index (κ3) is 4.61. The Morgan fingerprint density at radius 1 is 1.10 bits per heavy atom. The molecule has 21 heavy (non-hydrogen) atoms. The van der Waals surface area contributed by atoms with Gasteiger partial charge in [-0.05, 0) is 43.9 Å². The van der Waals surface area contributed by atoms with Crippen LogP contribution in [0.5, 0.6) is 0 Å². The Morgan fingerprint density at radius 2 is 1.62 bits per heavy atom. The highest BCUT2D eigenvalue weighted by Crippen LogP contribution is 2.47. The van der Waals surface area contributed by atoms with Crippen molar-refractivity contribution >= 4 is 13.3 Å². The van der Waals surface area contributed by atoms with Crippen LogP contribution in [0.25, 0.3) is 0 Å². The normalized spacial score (nSPS) is 16.2. The summed E-state index contributed by atoms with van der Waals surface area (Å²) in [6.07, 6.45) is 3.96. The van der Waals surface area contributed by atoms with Gasteiger partial charge in [0.25, 0.3) is 0 Å². The highest BCUT2D eigenvalue weighted by atomic mass is 16.3. The van der Waals surface area contributed by atoms with E-state index in [9.17, 15) is 5.11 Å². The van der Waals surface area contributed by atoms with Crippen molar-refractivity contribution < 1.29 is 5.11 Å². The van der Waals surface area contributed by atoms with Crippen LogP contribution in [0.3, 0.4) is 0 Å². The molecule has 0 atom stereocenters. The lowest BCUT2D eigenvalue weighted by molar-refractivity contribution is -0.0880. The Balaban J connectivity index is 0.000000211. The summed E-state index contributed by atoms with van der Waals surface area (Å²) in [7, 11) is 5.72. The van der Waals surface area contributed by atoms with Crippen LogP contribution in [0.4, 0.5) is 0 Å². The summed E-state index contributed by atoms with van der Waals surface area (Å²) in [6.45, 7) is 12.5. The molecule has 1 nitrogen and oxygen atoms in total. The lowest BCUT2D eigenvalue weighted by atomic mass is 9.60. The summed E-state index contributed by atoms with van der Waals surface area (Å²) in [5, 5.41) is 9.88. The summed E-state index contributed by atoms with van der Waals surface area (Å²) in [4.78, 5) is 0. The maximum Gasteiger partial charge on any atom is 0.114 e. The summed E-state index contributed by atoms with van der Waals surface area (Å²) in [5.41, 5.74) is 1.70. The van der Waals surface area contributed by atoms with E-state index in [-0.39, 0.29) is 5.41 Å². The number of aliphatic hydroxyl groups is 1. The summed E-state index contributed by atoms with van der Waals surface area (Å²) in [6, 6.07) is 7.99. The highest BCUT2D eigenvalue weighted by molar-refractivity contribution is 6.33. The minimum Gasteiger partial charge on any atom is -0.390 e. The van der Waals surface area contributed by atoms with E-state index in [0.717, 1.165) is 11.4 Å². The Bertz CT molecular complexity index is 439. The second kappa shape index (κ2) is 7.00. The molecule has 2 radical (unpaired) electrons. The Kier molecular flexibility index (Phi) is 6.10. The van der Waals surface area contributed by atoms with E-state index in [1.807, 2.05) is 32.0 Å². The van der Waals surface area contributed by atoms with Crippen LogP contribution in [0, 0.1) is 11.3 Å². The molecule has 1 fully saturated rings. The quantitative estimate of drug-likeness (QED) is 0.826. The van der Waals surface area contributed by atoms with E-state index in [1.165, 1.54) is 24.8 Å². The smallest absolute Gasteiger partial charge is 0.114 e. The Hall–Kier alpha value is -0.755. The Labute approximate surface area is 132 Å². The van der Waals surface area contributed by atoms with Gasteiger partial charge in [-0.15, -0.1) is 0 Å². The first-order chi connectivity index (χ1) is 9.57. The second-order valence-electron chi connectivity index (χ2n) is 7.69. The first kappa shape index (κ1) is 18.3. The SMILES string of the molecule is CC(C)(O)C(C)(C)C1CCC1.[B]c1ccccc1C(C)C. The van der Waals surface area contributed by atoms with Gasteiger partial charge in [0.05, 0.1) is 5.60 Å². The molecule has 116 valence electrons. The molecule has 0 bridgehead atoms. The highest BCUT2D eigenvalue weighted by Gasteiger charge is 2.43. The lowest BCUT2D eigenvalue weighted by Gasteiger charge is -2.47. The summed E-state index contributed by atoms with van der Waals surface area (Å²) >= 11 is 0. The summed E-state index contributed by atoms with van der Waals surface area (Å²) < 4.78 is 0. The fourth-order valence-electron chi connectivity index (χ4n) is 2.67. The number of hydrogen-bond acceptors (Lipinski definition) is 1. The third-order valence-corrected chi connectivity index (χ3v) is 5.32. The fraction of sp³-hybridized carbons (Fsp3) is 0.684. The first-order valence-electron chi connectivity index (χ1n) is 8.14. The van der Waals surface area contributed by atoms with Crippen LogP contribution in [-0.4, -0.2) is 18.6 Å². The van der Waals surface area contributed by atoms with Crippen molar-refractivity contribution in [1.82, 2.24) is 0 Å². The van der Waals surface area contributed by atoms with Gasteiger partial charge in [0.15, 0.2) is 0 Å². The standard InChI is InChI=1S/C10H20O.C9H11B/c1-9(2,10(3,4)11)8-6-5-7-8;1-7(2)8-5-3-4-6-9(8)10/h8,11H,5-7H2,1-4H3;3-7H,1-2H3. The van der Waals surface area contributed by atoms with Crippen LogP contribution < -0.4 is 5.46 Å². The van der Waals surface area contributed by atoms with Gasteiger partial charge >= 0.3 is 0 Å². The van der Waals surface area contributed by atoms with Crippen molar-refractivity contribution in [2.45, 2.75) is 72.3 Å². The predicted octanol–water partition coefficient (Wildman–Crippen LogP) is 4.19. The van der Waals surface area contributed by atoms with Gasteiger partial charge < -0.3 is 5.11 Å². The van der Waals surface area contributed by atoms with Gasteiger partial charge in [0.1, 0.15) is 7.85 Å². The zero-order chi connectivity index (χ0) is 16.3. The zero-order valence-electron chi connectivity index (χ0n) is 14.6. The van der Waals surface area contributed by atoms with E-state index in [2.05, 4.69) is 33.8 Å². The molecule has 1 aliphatic carbocycles. The minimum atomic E-state index is -0.530. The van der Waals surface area contributed by atoms with Crippen LogP contribution in [-0.2, 0) is 0 Å². The topological polar surface area (TPSA) is 20.2 Å². The molecule has 0 aliphatic heterocycles. The van der Waals surface area contributed by atoms with Crippen LogP contribution >= 0.6 is 0 Å². The van der Waals surface area contributed by atoms with Gasteiger partial charge in [-0.25, -0.2) is 0 Å². The van der Waals surface area contributed by atoms with Crippen LogP contribution in [0.15, 0.2) is 24.3 Å². The van der Waals surface area contributed by atoms with Gasteiger partial charge in [-0.2, -0.15) is 0 Å². The number of rotatable bonds is 3.